The van der Waals surface area contributed by atoms with Crippen LogP contribution >= 0.6 is 22.6 Å². The number of hydrogen-bond acceptors (Lipinski definition) is 3. The molecule has 5 heteroatoms. The fourth-order valence-corrected chi connectivity index (χ4v) is 2.29. The van der Waals surface area contributed by atoms with Crippen LogP contribution in [0.15, 0.2) is 30.6 Å². The molecular weight excluding hydrogens is 339 g/mol. The molecule has 1 aliphatic carbocycles. The van der Waals surface area contributed by atoms with E-state index in [0.717, 1.165) is 34.1 Å². The van der Waals surface area contributed by atoms with Crippen molar-refractivity contribution in [3.63, 3.8) is 0 Å². The lowest BCUT2D eigenvalue weighted by Crippen LogP contribution is -2.16. The van der Waals surface area contributed by atoms with Gasteiger partial charge < -0.3 is 5.32 Å². The number of aromatic nitrogens is 3. The third-order valence-corrected chi connectivity index (χ3v) is 3.50. The minimum absolute atomic E-state index is 0.725. The van der Waals surface area contributed by atoms with Gasteiger partial charge in [-0.1, -0.05) is 6.07 Å². The Morgan fingerprint density at radius 2 is 2.17 bits per heavy atom. The summed E-state index contributed by atoms with van der Waals surface area (Å²) in [6.45, 7) is 1.61. The lowest BCUT2D eigenvalue weighted by atomic mass is 10.3. The van der Waals surface area contributed by atoms with E-state index in [1.807, 2.05) is 17.1 Å². The van der Waals surface area contributed by atoms with E-state index in [4.69, 9.17) is 0 Å². The molecule has 0 aliphatic heterocycles. The molecule has 4 nitrogen and oxygen atoms in total. The van der Waals surface area contributed by atoms with E-state index in [1.165, 1.54) is 12.8 Å². The maximum Gasteiger partial charge on any atom is 0.0831 e. The van der Waals surface area contributed by atoms with Crippen LogP contribution in [0, 0.1) is 3.57 Å². The van der Waals surface area contributed by atoms with Crippen LogP contribution in [-0.4, -0.2) is 20.8 Å². The first-order valence-corrected chi connectivity index (χ1v) is 7.23. The maximum atomic E-state index is 4.65. The number of nitrogens with one attached hydrogen (secondary N) is 1. The Bertz CT molecular complexity index is 533. The third kappa shape index (κ3) is 3.29. The smallest absolute Gasteiger partial charge is 0.0831 e. The SMILES string of the molecule is Ic1cnn(Cc2cccc(CNC3CC3)n2)c1. The van der Waals surface area contributed by atoms with Gasteiger partial charge in [0.05, 0.1) is 27.7 Å². The summed E-state index contributed by atoms with van der Waals surface area (Å²) in [5, 5.41) is 7.76. The van der Waals surface area contributed by atoms with Crippen molar-refractivity contribution in [1.29, 1.82) is 0 Å². The monoisotopic (exact) mass is 354 g/mol. The number of halogens is 1. The van der Waals surface area contributed by atoms with Gasteiger partial charge in [-0.05, 0) is 47.6 Å². The second-order valence-corrected chi connectivity index (χ2v) is 5.88. The average molecular weight is 354 g/mol. The quantitative estimate of drug-likeness (QED) is 0.837. The highest BCUT2D eigenvalue weighted by atomic mass is 127. The van der Waals surface area contributed by atoms with Crippen molar-refractivity contribution in [2.75, 3.05) is 0 Å². The Morgan fingerprint density at radius 1 is 1.33 bits per heavy atom. The molecule has 2 aromatic heterocycles. The maximum absolute atomic E-state index is 4.65. The van der Waals surface area contributed by atoms with Gasteiger partial charge >= 0.3 is 0 Å². The van der Waals surface area contributed by atoms with E-state index in [2.05, 4.69) is 56.2 Å². The molecule has 0 aromatic carbocycles. The molecule has 0 amide bonds. The summed E-state index contributed by atoms with van der Waals surface area (Å²) in [6, 6.07) is 6.92. The predicted molar refractivity (Wildman–Crippen MR) is 78.1 cm³/mol. The van der Waals surface area contributed by atoms with E-state index in [1.54, 1.807) is 0 Å². The standard InChI is InChI=1S/C13H15IN4/c14-10-6-16-18(8-10)9-13-3-1-2-12(17-13)7-15-11-4-5-11/h1-3,6,8,11,15H,4-5,7,9H2. The third-order valence-electron chi connectivity index (χ3n) is 2.94. The van der Waals surface area contributed by atoms with E-state index >= 15 is 0 Å². The zero-order chi connectivity index (χ0) is 12.4. The highest BCUT2D eigenvalue weighted by Gasteiger charge is 2.20. The number of nitrogens with zero attached hydrogens (tertiary/aromatic N) is 3. The van der Waals surface area contributed by atoms with Crippen LogP contribution in [0.2, 0.25) is 0 Å². The molecule has 2 heterocycles. The van der Waals surface area contributed by atoms with E-state index in [0.29, 0.717) is 0 Å². The highest BCUT2D eigenvalue weighted by molar-refractivity contribution is 14.1. The summed E-state index contributed by atoms with van der Waals surface area (Å²) >= 11 is 2.26. The highest BCUT2D eigenvalue weighted by Crippen LogP contribution is 2.19. The molecule has 94 valence electrons. The summed E-state index contributed by atoms with van der Waals surface area (Å²) < 4.78 is 3.07. The van der Waals surface area contributed by atoms with Crippen molar-refractivity contribution in [2.24, 2.45) is 0 Å². The number of rotatable bonds is 5. The van der Waals surface area contributed by atoms with Crippen molar-refractivity contribution in [1.82, 2.24) is 20.1 Å². The largest absolute Gasteiger partial charge is 0.308 e. The van der Waals surface area contributed by atoms with E-state index in [9.17, 15) is 0 Å². The van der Waals surface area contributed by atoms with Crippen LogP contribution in [0.4, 0.5) is 0 Å². The van der Waals surface area contributed by atoms with Crippen LogP contribution in [-0.2, 0) is 13.1 Å². The Balaban J connectivity index is 1.65. The molecule has 0 unspecified atom stereocenters. The number of pyridine rings is 1. The lowest BCUT2D eigenvalue weighted by molar-refractivity contribution is 0.648. The first-order valence-electron chi connectivity index (χ1n) is 6.16. The molecule has 1 aliphatic rings. The fourth-order valence-electron chi connectivity index (χ4n) is 1.84. The number of hydrogen-bond donors (Lipinski definition) is 1. The molecule has 1 saturated carbocycles. The summed E-state index contributed by atoms with van der Waals surface area (Å²) in [4.78, 5) is 4.65. The molecule has 3 rings (SSSR count). The van der Waals surface area contributed by atoms with Crippen molar-refractivity contribution in [3.8, 4) is 0 Å². The van der Waals surface area contributed by atoms with Gasteiger partial charge in [-0.25, -0.2) is 0 Å². The zero-order valence-corrected chi connectivity index (χ0v) is 12.2. The van der Waals surface area contributed by atoms with Gasteiger partial charge in [0.1, 0.15) is 0 Å². The second-order valence-electron chi connectivity index (χ2n) is 4.63. The summed E-state index contributed by atoms with van der Waals surface area (Å²) in [7, 11) is 0. The van der Waals surface area contributed by atoms with Crippen molar-refractivity contribution >= 4 is 22.6 Å². The first-order chi connectivity index (χ1) is 8.79. The molecular formula is C13H15IN4. The second kappa shape index (κ2) is 5.36. The lowest BCUT2D eigenvalue weighted by Gasteiger charge is -2.05. The van der Waals surface area contributed by atoms with Gasteiger partial charge in [0.2, 0.25) is 0 Å². The van der Waals surface area contributed by atoms with Crippen molar-refractivity contribution < 1.29 is 0 Å². The normalized spacial score (nSPS) is 14.9. The topological polar surface area (TPSA) is 42.7 Å². The minimum Gasteiger partial charge on any atom is -0.308 e. The molecule has 18 heavy (non-hydrogen) atoms. The first kappa shape index (κ1) is 12.1. The van der Waals surface area contributed by atoms with Gasteiger partial charge in [-0.2, -0.15) is 5.10 Å². The average Bonchev–Trinajstić information content (AvgIpc) is 3.11. The molecule has 0 radical (unpaired) electrons. The molecule has 0 bridgehead atoms. The van der Waals surface area contributed by atoms with Crippen LogP contribution < -0.4 is 5.32 Å². The molecule has 0 saturated heterocycles. The fraction of sp³-hybridized carbons (Fsp3) is 0.385. The Labute approximate surface area is 120 Å². The minimum atomic E-state index is 0.725. The van der Waals surface area contributed by atoms with Gasteiger partial charge in [0.25, 0.3) is 0 Å². The molecule has 1 N–H and O–H groups in total. The summed E-state index contributed by atoms with van der Waals surface area (Å²) in [5.74, 6) is 0. The summed E-state index contributed by atoms with van der Waals surface area (Å²) in [5.41, 5.74) is 2.17. The molecule has 2 aromatic rings. The predicted octanol–water partition coefficient (Wildman–Crippen LogP) is 2.18. The van der Waals surface area contributed by atoms with E-state index in [-0.39, 0.29) is 0 Å². The van der Waals surface area contributed by atoms with Gasteiger partial charge in [0, 0.05) is 18.8 Å². The Morgan fingerprint density at radius 3 is 2.89 bits per heavy atom. The van der Waals surface area contributed by atoms with Crippen LogP contribution in [0.25, 0.3) is 0 Å². The van der Waals surface area contributed by atoms with Crippen LogP contribution in [0.3, 0.4) is 0 Å². The Kier molecular flexibility index (Phi) is 3.60. The van der Waals surface area contributed by atoms with Gasteiger partial charge in [0.15, 0.2) is 0 Å². The summed E-state index contributed by atoms with van der Waals surface area (Å²) in [6.07, 6.45) is 6.51. The zero-order valence-electron chi connectivity index (χ0n) is 10.0. The molecule has 0 atom stereocenters. The van der Waals surface area contributed by atoms with Crippen LogP contribution in [0.1, 0.15) is 24.2 Å². The van der Waals surface area contributed by atoms with Gasteiger partial charge in [-0.3, -0.25) is 9.67 Å². The van der Waals surface area contributed by atoms with E-state index < -0.39 is 0 Å². The van der Waals surface area contributed by atoms with Gasteiger partial charge in [-0.15, -0.1) is 0 Å². The Hall–Kier alpha value is -0.950. The molecule has 1 fully saturated rings. The van der Waals surface area contributed by atoms with Crippen LogP contribution in [0.5, 0.6) is 0 Å². The molecule has 0 spiro atoms. The van der Waals surface area contributed by atoms with Crippen molar-refractivity contribution in [3.05, 3.63) is 45.6 Å². The van der Waals surface area contributed by atoms with Crippen molar-refractivity contribution in [2.45, 2.75) is 32.0 Å².